The molecule has 0 spiro atoms. The first kappa shape index (κ1) is 18.9. The summed E-state index contributed by atoms with van der Waals surface area (Å²) in [6.07, 6.45) is 11.6. The molecule has 4 heteroatoms. The molecule has 0 fully saturated rings. The van der Waals surface area contributed by atoms with Crippen molar-refractivity contribution in [3.05, 3.63) is 0 Å². The minimum atomic E-state index is -0.874. The summed E-state index contributed by atoms with van der Waals surface area (Å²) in [7, 11) is 0. The van der Waals surface area contributed by atoms with Crippen LogP contribution in [0.4, 0.5) is 0 Å². The fraction of sp³-hybridized carbons (Fsp3) is 0.875. The topological polar surface area (TPSA) is 66.4 Å². The molecule has 0 bridgehead atoms. The average molecular weight is 285 g/mol. The number of carbonyl (C=O) groups excluding carboxylic acids is 1. The molecule has 0 aliphatic heterocycles. The highest BCUT2D eigenvalue weighted by molar-refractivity contribution is 5.77. The minimum absolute atomic E-state index is 0.0104. The molecule has 0 saturated carbocycles. The van der Waals surface area contributed by atoms with E-state index in [9.17, 15) is 9.59 Å². The normalized spacial score (nSPS) is 12.1. The van der Waals surface area contributed by atoms with Gasteiger partial charge in [-0.1, -0.05) is 58.3 Å². The second kappa shape index (κ2) is 12.9. The molecule has 1 atom stereocenters. The van der Waals surface area contributed by atoms with Gasteiger partial charge in [-0.2, -0.15) is 0 Å². The standard InChI is InChI=1S/C16H31NO3/c1-3-4-5-6-7-8-9-10-11-12-15(18)17-14(2)13-16(19)20/h14H,3-13H2,1-2H3,(H,17,18)(H,19,20). The molecule has 2 N–H and O–H groups in total. The van der Waals surface area contributed by atoms with Gasteiger partial charge in [-0.25, -0.2) is 0 Å². The average Bonchev–Trinajstić information content (AvgIpc) is 2.35. The molecule has 0 aliphatic carbocycles. The lowest BCUT2D eigenvalue weighted by molar-refractivity contribution is -0.137. The van der Waals surface area contributed by atoms with E-state index in [0.717, 1.165) is 12.8 Å². The first-order valence-corrected chi connectivity index (χ1v) is 8.07. The smallest absolute Gasteiger partial charge is 0.305 e. The van der Waals surface area contributed by atoms with E-state index in [1.165, 1.54) is 44.9 Å². The number of amides is 1. The Morgan fingerprint density at radius 3 is 1.95 bits per heavy atom. The predicted molar refractivity (Wildman–Crippen MR) is 81.7 cm³/mol. The summed E-state index contributed by atoms with van der Waals surface area (Å²) in [6.45, 7) is 3.95. The van der Waals surface area contributed by atoms with E-state index in [1.807, 2.05) is 0 Å². The number of carbonyl (C=O) groups is 2. The lowest BCUT2D eigenvalue weighted by Crippen LogP contribution is -2.33. The zero-order valence-corrected chi connectivity index (χ0v) is 13.1. The monoisotopic (exact) mass is 285 g/mol. The Labute approximate surface area is 123 Å². The third kappa shape index (κ3) is 13.4. The Morgan fingerprint density at radius 2 is 1.45 bits per heavy atom. The minimum Gasteiger partial charge on any atom is -0.481 e. The van der Waals surface area contributed by atoms with Crippen LogP contribution in [0.15, 0.2) is 0 Å². The molecular weight excluding hydrogens is 254 g/mol. The van der Waals surface area contributed by atoms with Crippen LogP contribution in [0.25, 0.3) is 0 Å². The first-order chi connectivity index (χ1) is 9.56. The molecule has 1 amide bonds. The summed E-state index contributed by atoms with van der Waals surface area (Å²) >= 11 is 0. The van der Waals surface area contributed by atoms with Gasteiger partial charge in [-0.15, -0.1) is 0 Å². The highest BCUT2D eigenvalue weighted by atomic mass is 16.4. The molecule has 4 nitrogen and oxygen atoms in total. The van der Waals surface area contributed by atoms with Gasteiger partial charge in [0.1, 0.15) is 0 Å². The molecule has 0 saturated heterocycles. The molecule has 0 aliphatic rings. The van der Waals surface area contributed by atoms with Gasteiger partial charge in [-0.3, -0.25) is 9.59 Å². The van der Waals surface area contributed by atoms with Crippen molar-refractivity contribution >= 4 is 11.9 Å². The van der Waals surface area contributed by atoms with E-state index >= 15 is 0 Å². The van der Waals surface area contributed by atoms with Crippen LogP contribution >= 0.6 is 0 Å². The lowest BCUT2D eigenvalue weighted by Gasteiger charge is -2.11. The van der Waals surface area contributed by atoms with Crippen LogP contribution < -0.4 is 5.32 Å². The van der Waals surface area contributed by atoms with Gasteiger partial charge >= 0.3 is 5.97 Å². The Morgan fingerprint density at radius 1 is 0.950 bits per heavy atom. The van der Waals surface area contributed by atoms with Crippen LogP contribution in [0.5, 0.6) is 0 Å². The third-order valence-electron chi connectivity index (χ3n) is 3.40. The number of aliphatic carboxylic acids is 1. The summed E-state index contributed by atoms with van der Waals surface area (Å²) < 4.78 is 0. The van der Waals surface area contributed by atoms with Crippen LogP contribution in [0.2, 0.25) is 0 Å². The van der Waals surface area contributed by atoms with Crippen LogP contribution in [-0.4, -0.2) is 23.0 Å². The van der Waals surface area contributed by atoms with Crippen molar-refractivity contribution in [1.29, 1.82) is 0 Å². The second-order valence-electron chi connectivity index (χ2n) is 5.64. The van der Waals surface area contributed by atoms with Crippen molar-refractivity contribution in [3.63, 3.8) is 0 Å². The highest BCUT2D eigenvalue weighted by Gasteiger charge is 2.10. The number of hydrogen-bond acceptors (Lipinski definition) is 2. The molecule has 118 valence electrons. The molecule has 20 heavy (non-hydrogen) atoms. The van der Waals surface area contributed by atoms with Gasteiger partial charge in [0.15, 0.2) is 0 Å². The fourth-order valence-electron chi connectivity index (χ4n) is 2.26. The van der Waals surface area contributed by atoms with E-state index < -0.39 is 5.97 Å². The SMILES string of the molecule is CCCCCCCCCCCC(=O)NC(C)CC(=O)O. The lowest BCUT2D eigenvalue weighted by atomic mass is 10.1. The van der Waals surface area contributed by atoms with E-state index in [4.69, 9.17) is 5.11 Å². The zero-order valence-electron chi connectivity index (χ0n) is 13.1. The van der Waals surface area contributed by atoms with E-state index in [0.29, 0.717) is 6.42 Å². The van der Waals surface area contributed by atoms with Crippen LogP contribution in [0.3, 0.4) is 0 Å². The van der Waals surface area contributed by atoms with Crippen molar-refractivity contribution in [2.24, 2.45) is 0 Å². The summed E-state index contributed by atoms with van der Waals surface area (Å²) in [6, 6.07) is -0.279. The van der Waals surface area contributed by atoms with Crippen molar-refractivity contribution in [2.75, 3.05) is 0 Å². The third-order valence-corrected chi connectivity index (χ3v) is 3.40. The summed E-state index contributed by atoms with van der Waals surface area (Å²) in [4.78, 5) is 22.0. The molecule has 0 aromatic heterocycles. The van der Waals surface area contributed by atoms with Crippen molar-refractivity contribution in [3.8, 4) is 0 Å². The first-order valence-electron chi connectivity index (χ1n) is 8.07. The molecule has 0 rings (SSSR count). The van der Waals surface area contributed by atoms with E-state index in [1.54, 1.807) is 6.92 Å². The van der Waals surface area contributed by atoms with Gasteiger partial charge < -0.3 is 10.4 Å². The number of rotatable bonds is 13. The second-order valence-corrected chi connectivity index (χ2v) is 5.64. The van der Waals surface area contributed by atoms with Crippen molar-refractivity contribution < 1.29 is 14.7 Å². The van der Waals surface area contributed by atoms with Crippen LogP contribution in [-0.2, 0) is 9.59 Å². The molecule has 0 radical (unpaired) electrons. The van der Waals surface area contributed by atoms with Crippen molar-refractivity contribution in [1.82, 2.24) is 5.32 Å². The van der Waals surface area contributed by atoms with Gasteiger partial charge in [0.05, 0.1) is 6.42 Å². The molecule has 1 unspecified atom stereocenters. The van der Waals surface area contributed by atoms with E-state index in [-0.39, 0.29) is 18.4 Å². The largest absolute Gasteiger partial charge is 0.481 e. The van der Waals surface area contributed by atoms with Gasteiger partial charge in [-0.05, 0) is 13.3 Å². The van der Waals surface area contributed by atoms with Gasteiger partial charge in [0, 0.05) is 12.5 Å². The number of carboxylic acid groups (broad SMARTS) is 1. The summed E-state index contributed by atoms with van der Waals surface area (Å²) in [5.74, 6) is -0.900. The maximum atomic E-state index is 11.5. The van der Waals surface area contributed by atoms with Crippen molar-refractivity contribution in [2.45, 2.75) is 90.5 Å². The predicted octanol–water partition coefficient (Wildman–Crippen LogP) is 3.89. The van der Waals surface area contributed by atoms with Crippen LogP contribution in [0.1, 0.15) is 84.5 Å². The summed E-state index contributed by atoms with van der Waals surface area (Å²) in [5.41, 5.74) is 0. The molecule has 0 aromatic rings. The zero-order chi connectivity index (χ0) is 15.2. The number of carboxylic acids is 1. The quantitative estimate of drug-likeness (QED) is 0.505. The molecular formula is C16H31NO3. The van der Waals surface area contributed by atoms with Gasteiger partial charge in [0.25, 0.3) is 0 Å². The Balaban J connectivity index is 3.33. The number of hydrogen-bond donors (Lipinski definition) is 2. The maximum absolute atomic E-state index is 11.5. The number of nitrogens with one attached hydrogen (secondary N) is 1. The Bertz CT molecular complexity index is 266. The Kier molecular flexibility index (Phi) is 12.3. The van der Waals surface area contributed by atoms with Crippen LogP contribution in [0, 0.1) is 0 Å². The maximum Gasteiger partial charge on any atom is 0.305 e. The Hall–Kier alpha value is -1.06. The number of unbranched alkanes of at least 4 members (excludes halogenated alkanes) is 8. The highest BCUT2D eigenvalue weighted by Crippen LogP contribution is 2.10. The molecule has 0 heterocycles. The van der Waals surface area contributed by atoms with Gasteiger partial charge in [0.2, 0.25) is 5.91 Å². The fourth-order valence-corrected chi connectivity index (χ4v) is 2.26. The molecule has 0 aromatic carbocycles. The van der Waals surface area contributed by atoms with E-state index in [2.05, 4.69) is 12.2 Å². The summed E-state index contributed by atoms with van der Waals surface area (Å²) in [5, 5.41) is 11.3.